The van der Waals surface area contributed by atoms with Crippen LogP contribution in [0.2, 0.25) is 0 Å². The van der Waals surface area contributed by atoms with E-state index in [1.165, 1.54) is 0 Å². The molecule has 0 fully saturated rings. The van der Waals surface area contributed by atoms with Crippen molar-refractivity contribution in [2.24, 2.45) is 0 Å². The molecule has 0 atom stereocenters. The van der Waals surface area contributed by atoms with E-state index in [9.17, 15) is 0 Å². The Hall–Kier alpha value is 0.168. The summed E-state index contributed by atoms with van der Waals surface area (Å²) in [5, 5.41) is 0. The topological polar surface area (TPSA) is 112 Å². The fourth-order valence-electron chi connectivity index (χ4n) is 0. The van der Waals surface area contributed by atoms with Gasteiger partial charge in [-0.25, -0.2) is 0 Å². The number of hydrogen-bond acceptors (Lipinski definition) is 4. The summed E-state index contributed by atoms with van der Waals surface area (Å²) in [6.07, 6.45) is 0. The molecule has 0 aliphatic carbocycles. The van der Waals surface area contributed by atoms with Crippen LogP contribution in [0.25, 0.3) is 0 Å². The predicted molar refractivity (Wildman–Crippen MR) is 11.7 cm³/mol. The Morgan fingerprint density at radius 2 is 1.57 bits per heavy atom. The van der Waals surface area contributed by atoms with Crippen molar-refractivity contribution in [1.29, 1.82) is 2.86 Å². The molecule has 2 N–H and O–H groups in total. The molecule has 5 nitrogen and oxygen atoms in total. The monoisotopic (exact) mass is 198 g/mol. The molecular formula is CH6MoO5-2. The molecule has 0 saturated carbocycles. The third-order valence-corrected chi connectivity index (χ3v) is 0. The van der Waals surface area contributed by atoms with E-state index < -0.39 is 16.7 Å². The first kappa shape index (κ1) is 7.17. The van der Waals surface area contributed by atoms with Crippen LogP contribution in [0.4, 0.5) is 0 Å². The molecular weight excluding hydrogens is 188 g/mol. The van der Waals surface area contributed by atoms with E-state index in [0.29, 0.717) is 0 Å². The minimum atomic E-state index is -6.02. The van der Waals surface area contributed by atoms with Crippen LogP contribution in [0, 0.1) is 0 Å². The van der Waals surface area contributed by atoms with Gasteiger partial charge in [-0.05, 0) is 0 Å². The molecule has 0 aromatic heterocycles. The van der Waals surface area contributed by atoms with E-state index in [1.807, 2.05) is 0 Å². The maximum atomic E-state index is 8.63. The van der Waals surface area contributed by atoms with E-state index >= 15 is 0 Å². The van der Waals surface area contributed by atoms with Gasteiger partial charge in [0.15, 0.2) is 0 Å². The normalized spacial score (nSPS) is 11.1. The molecule has 0 aromatic carbocycles. The van der Waals surface area contributed by atoms with Crippen LogP contribution in [-0.2, 0) is 23.5 Å². The van der Waals surface area contributed by atoms with Gasteiger partial charge < -0.3 is 5.48 Å². The van der Waals surface area contributed by atoms with Gasteiger partial charge in [0, 0.05) is 0 Å². The van der Waals surface area contributed by atoms with Crippen molar-refractivity contribution >= 4 is 0 Å². The van der Waals surface area contributed by atoms with E-state index in [4.69, 9.17) is 17.2 Å². The van der Waals surface area contributed by atoms with Gasteiger partial charge in [-0.2, -0.15) is 0 Å². The number of rotatable bonds is 0. The van der Waals surface area contributed by atoms with Gasteiger partial charge in [0.1, 0.15) is 0 Å². The first-order valence-electron chi connectivity index (χ1n) is 1.48. The van der Waals surface area contributed by atoms with Crippen LogP contribution < -0.4 is 7.52 Å². The van der Waals surface area contributed by atoms with Gasteiger partial charge in [0.05, 0.1) is 0 Å². The molecule has 0 bridgehead atoms. The van der Waals surface area contributed by atoms with E-state index in [2.05, 4.69) is 5.48 Å². The molecule has 0 rings (SSSR count). The van der Waals surface area contributed by atoms with Crippen LogP contribution in [0.5, 0.6) is 0 Å². The van der Waals surface area contributed by atoms with Gasteiger partial charge in [-0.3, -0.25) is 0 Å². The van der Waals surface area contributed by atoms with Gasteiger partial charge in [0.25, 0.3) is 0 Å². The van der Waals surface area contributed by atoms with Gasteiger partial charge in [-0.15, -0.1) is 0 Å². The van der Waals surface area contributed by atoms with E-state index in [-0.39, 0.29) is 7.43 Å². The molecule has 7 heavy (non-hydrogen) atoms. The summed E-state index contributed by atoms with van der Waals surface area (Å²) in [6, 6.07) is 0. The summed E-state index contributed by atoms with van der Waals surface area (Å²) in [7, 11) is 0. The minimum absolute atomic E-state index is 0. The molecule has 0 radical (unpaired) electrons. The third kappa shape index (κ3) is 3780. The Kier molecular flexibility index (Phi) is 4.43. The Balaban J connectivity index is -0.0000000800. The molecule has 0 aliphatic heterocycles. The standard InChI is InChI=1S/CH4.Mo.H2O.4O/h1H4;;1H2;;;;/q;;;;;2*-1/i/hD2. The zero-order chi connectivity index (χ0) is 7.21. The molecule has 0 unspecified atom stereocenters. The summed E-state index contributed by atoms with van der Waals surface area (Å²) in [5.41, 5.74) is 2.75. The molecule has 0 saturated heterocycles. The summed E-state index contributed by atoms with van der Waals surface area (Å²) >= 11 is -6.02. The van der Waals surface area contributed by atoms with Crippen LogP contribution in [0.1, 0.15) is 7.43 Å². The average molecular weight is 196 g/mol. The summed E-state index contributed by atoms with van der Waals surface area (Å²) in [4.78, 5) is 0. The van der Waals surface area contributed by atoms with Crippen LogP contribution in [-0.4, -0.2) is 8.34 Å². The molecule has 0 spiro atoms. The Labute approximate surface area is 47.6 Å². The van der Waals surface area contributed by atoms with Crippen molar-refractivity contribution in [3.8, 4) is 0 Å². The SMILES string of the molecule is C.[2H]O[2H].[O]=[Mo](=[O])([O-])[O-]. The van der Waals surface area contributed by atoms with Crippen molar-refractivity contribution in [2.45, 2.75) is 7.43 Å². The molecule has 0 amide bonds. The Bertz CT molecular complexity index is 109. The van der Waals surface area contributed by atoms with Crippen molar-refractivity contribution in [2.75, 3.05) is 0 Å². The molecule has 0 aromatic rings. The quantitative estimate of drug-likeness (QED) is 0.389. The Morgan fingerprint density at radius 1 is 1.57 bits per heavy atom. The molecule has 0 aliphatic rings. The van der Waals surface area contributed by atoms with Gasteiger partial charge >= 0.3 is 31.1 Å². The van der Waals surface area contributed by atoms with Crippen molar-refractivity contribution in [3.05, 3.63) is 0 Å². The zero-order valence-corrected chi connectivity index (χ0v) is 4.46. The summed E-state index contributed by atoms with van der Waals surface area (Å²) < 4.78 is 45.3. The van der Waals surface area contributed by atoms with Crippen LogP contribution in [0.3, 0.4) is 0 Å². The second kappa shape index (κ2) is 4.33. The molecule has 6 heteroatoms. The van der Waals surface area contributed by atoms with Crippen LogP contribution in [0.15, 0.2) is 0 Å². The molecule has 48 valence electrons. The van der Waals surface area contributed by atoms with E-state index in [0.717, 1.165) is 0 Å². The van der Waals surface area contributed by atoms with Gasteiger partial charge in [-0.1, -0.05) is 7.43 Å². The van der Waals surface area contributed by atoms with Gasteiger partial charge in [0.2, 0.25) is 2.86 Å². The fourth-order valence-corrected chi connectivity index (χ4v) is 0. The summed E-state index contributed by atoms with van der Waals surface area (Å²) in [6.45, 7) is 0. The third-order valence-electron chi connectivity index (χ3n) is 0. The van der Waals surface area contributed by atoms with E-state index in [1.54, 1.807) is 0 Å². The average Bonchev–Trinajstić information content (AvgIpc) is 1.27. The Morgan fingerprint density at radius 3 is 1.57 bits per heavy atom. The first-order valence-corrected chi connectivity index (χ1v) is 3.94. The second-order valence-corrected chi connectivity index (χ2v) is 2.42. The zero-order valence-electron chi connectivity index (χ0n) is 4.45. The van der Waals surface area contributed by atoms with Crippen LogP contribution >= 0.6 is 0 Å². The fraction of sp³-hybridized carbons (Fsp3) is 1.00. The first-order chi connectivity index (χ1) is 3.41. The second-order valence-electron chi connectivity index (χ2n) is 0.408. The summed E-state index contributed by atoms with van der Waals surface area (Å²) in [5.74, 6) is 0. The number of hydrogen-bond donors (Lipinski definition) is 0. The van der Waals surface area contributed by atoms with Crippen molar-refractivity contribution < 1.29 is 36.5 Å². The van der Waals surface area contributed by atoms with Crippen molar-refractivity contribution in [1.82, 2.24) is 0 Å². The predicted octanol–water partition coefficient (Wildman–Crippen LogP) is -2.81. The maximum absolute atomic E-state index is 8.63. The molecule has 0 heterocycles. The van der Waals surface area contributed by atoms with Crippen molar-refractivity contribution in [3.63, 3.8) is 0 Å².